The van der Waals surface area contributed by atoms with Crippen LogP contribution in [0.5, 0.6) is 0 Å². The lowest BCUT2D eigenvalue weighted by Gasteiger charge is -2.64. The Labute approximate surface area is 180 Å². The van der Waals surface area contributed by atoms with Gasteiger partial charge in [0, 0.05) is 54.2 Å². The Hall–Kier alpha value is -1.59. The van der Waals surface area contributed by atoms with Crippen molar-refractivity contribution in [3.05, 3.63) is 0 Å². The predicted molar refractivity (Wildman–Crippen MR) is 119 cm³/mol. The first-order chi connectivity index (χ1) is 14.9. The largest absolute Gasteiger partial charge is 0.249 e. The third kappa shape index (κ3) is 2.51. The summed E-state index contributed by atoms with van der Waals surface area (Å²) < 4.78 is 0. The van der Waals surface area contributed by atoms with Gasteiger partial charge in [-0.3, -0.25) is 0 Å². The highest BCUT2D eigenvalue weighted by Crippen LogP contribution is 2.51. The molecule has 6 atom stereocenters. The van der Waals surface area contributed by atoms with Crippen molar-refractivity contribution in [2.45, 2.75) is 95.5 Å². The fourth-order valence-electron chi connectivity index (χ4n) is 8.14. The van der Waals surface area contributed by atoms with E-state index >= 15 is 0 Å². The minimum Gasteiger partial charge on any atom is -0.249 e. The van der Waals surface area contributed by atoms with Gasteiger partial charge >= 0.3 is 0 Å². The van der Waals surface area contributed by atoms with Crippen molar-refractivity contribution in [2.24, 2.45) is 50.8 Å². The molecule has 7 aliphatic rings. The first-order valence-electron chi connectivity index (χ1n) is 12.9. The molecule has 4 fully saturated rings. The molecule has 3 saturated carbocycles. The molecule has 6 unspecified atom stereocenters. The average molecular weight is 409 g/mol. The molecule has 3 aliphatic carbocycles. The third-order valence-corrected chi connectivity index (χ3v) is 9.57. The fraction of sp³-hybridized carbons (Fsp3) is 0.875. The Morgan fingerprint density at radius 2 is 0.733 bits per heavy atom. The topological polar surface area (TPSA) is 46.8 Å². The van der Waals surface area contributed by atoms with Gasteiger partial charge in [-0.2, -0.15) is 15.3 Å². The van der Waals surface area contributed by atoms with Crippen molar-refractivity contribution in [3.8, 4) is 0 Å². The zero-order valence-corrected chi connectivity index (χ0v) is 18.1. The number of hydrazone groups is 3. The Balaban J connectivity index is 1.35. The molecule has 6 nitrogen and oxygen atoms in total. The molecule has 6 heteroatoms. The maximum atomic E-state index is 5.18. The summed E-state index contributed by atoms with van der Waals surface area (Å²) >= 11 is 0. The molecule has 0 spiro atoms. The maximum absolute atomic E-state index is 5.18. The molecule has 0 amide bonds. The lowest BCUT2D eigenvalue weighted by Crippen LogP contribution is -2.75. The number of hydrogen-bond donors (Lipinski definition) is 0. The monoisotopic (exact) mass is 408 g/mol. The molecular formula is C24H36N6. The van der Waals surface area contributed by atoms with Gasteiger partial charge in [-0.05, 0) is 38.5 Å². The van der Waals surface area contributed by atoms with E-state index in [1.54, 1.807) is 0 Å². The van der Waals surface area contributed by atoms with Crippen LogP contribution in [0.1, 0.15) is 77.0 Å². The van der Waals surface area contributed by atoms with E-state index in [9.17, 15) is 0 Å². The Morgan fingerprint density at radius 1 is 0.433 bits per heavy atom. The summed E-state index contributed by atoms with van der Waals surface area (Å²) in [7, 11) is 0. The normalized spacial score (nSPS) is 48.8. The van der Waals surface area contributed by atoms with Crippen LogP contribution in [0.15, 0.2) is 15.3 Å². The van der Waals surface area contributed by atoms with E-state index in [0.717, 1.165) is 0 Å². The van der Waals surface area contributed by atoms with E-state index in [1.165, 1.54) is 77.0 Å². The molecule has 0 bridgehead atoms. The van der Waals surface area contributed by atoms with Crippen molar-refractivity contribution in [3.63, 3.8) is 0 Å². The predicted octanol–water partition coefficient (Wildman–Crippen LogP) is 4.30. The highest BCUT2D eigenvalue weighted by atomic mass is 15.8. The number of hydrogen-bond acceptors (Lipinski definition) is 6. The highest BCUT2D eigenvalue weighted by molar-refractivity contribution is 5.65. The molecule has 30 heavy (non-hydrogen) atoms. The van der Waals surface area contributed by atoms with Gasteiger partial charge < -0.3 is 0 Å². The van der Waals surface area contributed by atoms with Crippen LogP contribution in [0, 0.1) is 35.5 Å². The summed E-state index contributed by atoms with van der Waals surface area (Å²) in [6, 6.07) is 0. The van der Waals surface area contributed by atoms with E-state index < -0.39 is 0 Å². The molecule has 0 N–H and O–H groups in total. The average Bonchev–Trinajstić information content (AvgIpc) is 2.82. The molecule has 0 aromatic carbocycles. The van der Waals surface area contributed by atoms with Crippen LogP contribution in [-0.2, 0) is 0 Å². The van der Waals surface area contributed by atoms with Crippen LogP contribution >= 0.6 is 0 Å². The van der Waals surface area contributed by atoms with Gasteiger partial charge in [-0.15, -0.1) is 0 Å². The van der Waals surface area contributed by atoms with Crippen molar-refractivity contribution in [2.75, 3.05) is 0 Å². The van der Waals surface area contributed by atoms with Crippen molar-refractivity contribution >= 4 is 18.6 Å². The van der Waals surface area contributed by atoms with Gasteiger partial charge in [0.2, 0.25) is 0 Å². The Kier molecular flexibility index (Phi) is 4.18. The summed E-state index contributed by atoms with van der Waals surface area (Å²) in [6.45, 7) is 0. The first-order valence-corrected chi connectivity index (χ1v) is 12.9. The van der Waals surface area contributed by atoms with Gasteiger partial charge in [0.1, 0.15) is 18.5 Å². The summed E-state index contributed by atoms with van der Waals surface area (Å²) in [5.41, 5.74) is 0. The molecular weight excluding hydrogens is 372 g/mol. The van der Waals surface area contributed by atoms with Gasteiger partial charge in [0.25, 0.3) is 0 Å². The molecule has 0 aromatic rings. The second-order valence-corrected chi connectivity index (χ2v) is 11.0. The standard InChI is InChI=1S/C24H36N6/c1-4-10-19-16(7-1)13-25-28-22(19)29-24(21-12-6-3-8-17(21)14-26-29)30-23(28)20-11-5-2-9-18(20)15-27-30/h13-24H,1-12H2. The number of fused-ring (bicyclic) bond motifs is 12. The molecule has 1 saturated heterocycles. The summed E-state index contributed by atoms with van der Waals surface area (Å²) in [5, 5.41) is 23.0. The molecule has 0 aromatic heterocycles. The van der Waals surface area contributed by atoms with Gasteiger partial charge in [-0.1, -0.05) is 38.5 Å². The van der Waals surface area contributed by atoms with Crippen LogP contribution in [0.25, 0.3) is 0 Å². The van der Waals surface area contributed by atoms with Crippen LogP contribution in [-0.4, -0.2) is 52.2 Å². The van der Waals surface area contributed by atoms with E-state index in [-0.39, 0.29) is 0 Å². The summed E-state index contributed by atoms with van der Waals surface area (Å²) in [5.74, 6) is 3.94. The quantitative estimate of drug-likeness (QED) is 0.600. The smallest absolute Gasteiger partial charge is 0.142 e. The van der Waals surface area contributed by atoms with Crippen LogP contribution in [0.2, 0.25) is 0 Å². The van der Waals surface area contributed by atoms with Crippen molar-refractivity contribution < 1.29 is 0 Å². The lowest BCUT2D eigenvalue weighted by atomic mass is 9.71. The Morgan fingerprint density at radius 3 is 1.07 bits per heavy atom. The van der Waals surface area contributed by atoms with Crippen LogP contribution in [0.4, 0.5) is 0 Å². The van der Waals surface area contributed by atoms with E-state index in [1.807, 2.05) is 0 Å². The molecule has 0 radical (unpaired) electrons. The van der Waals surface area contributed by atoms with Crippen LogP contribution in [0.3, 0.4) is 0 Å². The summed E-state index contributed by atoms with van der Waals surface area (Å²) in [6.07, 6.45) is 24.0. The highest BCUT2D eigenvalue weighted by Gasteiger charge is 2.59. The zero-order chi connectivity index (χ0) is 19.7. The second-order valence-electron chi connectivity index (χ2n) is 11.0. The van der Waals surface area contributed by atoms with E-state index in [0.29, 0.717) is 54.0 Å². The van der Waals surface area contributed by atoms with Gasteiger partial charge in [0.15, 0.2) is 0 Å². The molecule has 4 aliphatic heterocycles. The maximum Gasteiger partial charge on any atom is 0.142 e. The van der Waals surface area contributed by atoms with E-state index in [2.05, 4.69) is 33.7 Å². The zero-order valence-electron chi connectivity index (χ0n) is 18.1. The van der Waals surface area contributed by atoms with Crippen LogP contribution < -0.4 is 0 Å². The number of rotatable bonds is 0. The molecule has 7 rings (SSSR count). The minimum absolute atomic E-state index is 0.335. The first kappa shape index (κ1) is 18.0. The number of nitrogens with zero attached hydrogens (tertiary/aromatic N) is 6. The summed E-state index contributed by atoms with van der Waals surface area (Å²) in [4.78, 5) is 0. The second kappa shape index (κ2) is 6.96. The van der Waals surface area contributed by atoms with Crippen molar-refractivity contribution in [1.29, 1.82) is 0 Å². The lowest BCUT2D eigenvalue weighted by molar-refractivity contribution is -0.243. The molecule has 4 heterocycles. The Bertz CT molecular complexity index is 651. The van der Waals surface area contributed by atoms with E-state index in [4.69, 9.17) is 15.3 Å². The SMILES string of the molecule is C1=NN2C3C4CCCCC4C=NN3C3C4CCCCC4C=NN3C2C2CCCCC12. The third-order valence-electron chi connectivity index (χ3n) is 9.57. The minimum atomic E-state index is 0.335. The van der Waals surface area contributed by atoms with Gasteiger partial charge in [0.05, 0.1) is 0 Å². The molecule has 162 valence electrons. The van der Waals surface area contributed by atoms with Crippen molar-refractivity contribution in [1.82, 2.24) is 15.0 Å². The van der Waals surface area contributed by atoms with Gasteiger partial charge in [-0.25, -0.2) is 15.0 Å². The fourth-order valence-corrected chi connectivity index (χ4v) is 8.14.